The number of nitro benzene ring substituents is 1. The molecule has 7 heteroatoms. The van der Waals surface area contributed by atoms with Crippen molar-refractivity contribution in [3.05, 3.63) is 52.1 Å². The minimum Gasteiger partial charge on any atom is -0.309 e. The van der Waals surface area contributed by atoms with Gasteiger partial charge in [0, 0.05) is 30.6 Å². The molecule has 0 aliphatic rings. The molecule has 2 aromatic rings. The molecule has 1 aromatic carbocycles. The van der Waals surface area contributed by atoms with Gasteiger partial charge in [-0.1, -0.05) is 18.2 Å². The van der Waals surface area contributed by atoms with Crippen LogP contribution in [0.5, 0.6) is 0 Å². The van der Waals surface area contributed by atoms with Crippen LogP contribution in [-0.2, 0) is 6.42 Å². The normalized spacial score (nSPS) is 12.3. The Kier molecular flexibility index (Phi) is 4.19. The highest BCUT2D eigenvalue weighted by Crippen LogP contribution is 2.24. The molecule has 0 saturated carbocycles. The molecule has 1 atom stereocenters. The number of nitrogens with zero attached hydrogens (tertiary/aromatic N) is 3. The van der Waals surface area contributed by atoms with Crippen molar-refractivity contribution in [1.29, 1.82) is 0 Å². The van der Waals surface area contributed by atoms with E-state index < -0.39 is 0 Å². The molecule has 1 aromatic heterocycles. The summed E-state index contributed by atoms with van der Waals surface area (Å²) in [6, 6.07) is 6.66. The van der Waals surface area contributed by atoms with Crippen LogP contribution in [0.25, 0.3) is 0 Å². The lowest BCUT2D eigenvalue weighted by Gasteiger charge is -2.13. The Morgan fingerprint density at radius 1 is 1.47 bits per heavy atom. The molecule has 2 N–H and O–H groups in total. The molecule has 1 heterocycles. The Morgan fingerprint density at radius 2 is 2.26 bits per heavy atom. The highest BCUT2D eigenvalue weighted by molar-refractivity contribution is 5.41. The van der Waals surface area contributed by atoms with E-state index in [9.17, 15) is 10.1 Å². The number of hydrogen-bond acceptors (Lipinski definition) is 5. The number of nitrogens with one attached hydrogen (secondary N) is 2. The lowest BCUT2D eigenvalue weighted by atomic mass is 10.1. The summed E-state index contributed by atoms with van der Waals surface area (Å²) < 4.78 is 0. The van der Waals surface area contributed by atoms with E-state index in [0.29, 0.717) is 18.5 Å². The fourth-order valence-corrected chi connectivity index (χ4v) is 1.89. The van der Waals surface area contributed by atoms with E-state index >= 15 is 0 Å². The second-order valence-corrected chi connectivity index (χ2v) is 4.17. The topological polar surface area (TPSA) is 96.7 Å². The molecule has 2 rings (SSSR count). The van der Waals surface area contributed by atoms with E-state index in [1.165, 1.54) is 12.4 Å². The van der Waals surface area contributed by atoms with Gasteiger partial charge in [0.15, 0.2) is 0 Å². The van der Waals surface area contributed by atoms with Gasteiger partial charge in [0.25, 0.3) is 5.69 Å². The van der Waals surface area contributed by atoms with Crippen molar-refractivity contribution in [2.45, 2.75) is 19.4 Å². The largest absolute Gasteiger partial charge is 0.309 e. The van der Waals surface area contributed by atoms with E-state index in [2.05, 4.69) is 20.5 Å². The summed E-state index contributed by atoms with van der Waals surface area (Å²) in [6.45, 7) is 2.57. The molecule has 1 unspecified atom stereocenters. The Bertz CT molecular complexity index is 541. The predicted molar refractivity (Wildman–Crippen MR) is 69.6 cm³/mol. The first-order chi connectivity index (χ1) is 9.18. The molecular formula is C12H15N5O2. The summed E-state index contributed by atoms with van der Waals surface area (Å²) in [7, 11) is 0. The third-order valence-electron chi connectivity index (χ3n) is 2.88. The Balaban J connectivity index is 1.96. The minimum absolute atomic E-state index is 0.0930. The predicted octanol–water partition coefficient (Wildman–Crippen LogP) is 1.61. The third kappa shape index (κ3) is 3.35. The van der Waals surface area contributed by atoms with Gasteiger partial charge >= 0.3 is 0 Å². The second kappa shape index (κ2) is 6.05. The molecule has 19 heavy (non-hydrogen) atoms. The van der Waals surface area contributed by atoms with Gasteiger partial charge in [-0.15, -0.1) is 0 Å². The number of para-hydroxylation sites is 1. The van der Waals surface area contributed by atoms with Crippen molar-refractivity contribution in [2.75, 3.05) is 6.54 Å². The van der Waals surface area contributed by atoms with E-state index in [-0.39, 0.29) is 16.7 Å². The van der Waals surface area contributed by atoms with Crippen molar-refractivity contribution >= 4 is 5.69 Å². The van der Waals surface area contributed by atoms with Gasteiger partial charge in [0.05, 0.1) is 4.92 Å². The van der Waals surface area contributed by atoms with Crippen molar-refractivity contribution in [3.8, 4) is 0 Å². The van der Waals surface area contributed by atoms with E-state index in [1.54, 1.807) is 18.2 Å². The van der Waals surface area contributed by atoms with E-state index in [0.717, 1.165) is 5.82 Å². The molecule has 100 valence electrons. The quantitative estimate of drug-likeness (QED) is 0.608. The molecule has 0 radical (unpaired) electrons. The Hall–Kier alpha value is -2.28. The smallest absolute Gasteiger partial charge is 0.274 e. The molecule has 0 saturated heterocycles. The molecule has 0 spiro atoms. The number of nitro groups is 1. The van der Waals surface area contributed by atoms with Crippen LogP contribution in [0.4, 0.5) is 5.69 Å². The second-order valence-electron chi connectivity index (χ2n) is 4.17. The number of aromatic nitrogens is 3. The average Bonchev–Trinajstić information content (AvgIpc) is 2.91. The Morgan fingerprint density at radius 3 is 2.95 bits per heavy atom. The summed E-state index contributed by atoms with van der Waals surface area (Å²) in [5.74, 6) is 0.794. The summed E-state index contributed by atoms with van der Waals surface area (Å²) >= 11 is 0. The van der Waals surface area contributed by atoms with E-state index in [1.807, 2.05) is 6.92 Å². The Labute approximate surface area is 110 Å². The van der Waals surface area contributed by atoms with Crippen LogP contribution >= 0.6 is 0 Å². The van der Waals surface area contributed by atoms with Crippen LogP contribution in [-0.4, -0.2) is 26.6 Å². The fourth-order valence-electron chi connectivity index (χ4n) is 1.89. The van der Waals surface area contributed by atoms with Gasteiger partial charge in [-0.25, -0.2) is 4.98 Å². The van der Waals surface area contributed by atoms with Gasteiger partial charge in [0.1, 0.15) is 12.2 Å². The molecule has 0 aliphatic heterocycles. The third-order valence-corrected chi connectivity index (χ3v) is 2.88. The van der Waals surface area contributed by atoms with Crippen LogP contribution in [0, 0.1) is 10.1 Å². The summed E-state index contributed by atoms with van der Waals surface area (Å²) in [5.41, 5.74) is 0.826. The lowest BCUT2D eigenvalue weighted by Crippen LogP contribution is -2.22. The summed E-state index contributed by atoms with van der Waals surface area (Å²) in [6.07, 6.45) is 2.16. The molecule has 0 amide bonds. The standard InChI is InChI=1S/C12H15N5O2/c1-9(13-7-6-12-14-8-15-16-12)10-4-2-3-5-11(10)17(18)19/h2-5,8-9,13H,6-7H2,1H3,(H,14,15,16). The number of rotatable bonds is 6. The first-order valence-corrected chi connectivity index (χ1v) is 5.99. The molecule has 7 nitrogen and oxygen atoms in total. The first-order valence-electron chi connectivity index (χ1n) is 5.99. The highest BCUT2D eigenvalue weighted by Gasteiger charge is 2.17. The fraction of sp³-hybridized carbons (Fsp3) is 0.333. The molecule has 0 fully saturated rings. The number of benzene rings is 1. The van der Waals surface area contributed by atoms with Crippen molar-refractivity contribution in [1.82, 2.24) is 20.5 Å². The summed E-state index contributed by atoms with van der Waals surface area (Å²) in [4.78, 5) is 14.6. The SMILES string of the molecule is CC(NCCc1ncn[nH]1)c1ccccc1[N+](=O)[O-]. The zero-order chi connectivity index (χ0) is 13.7. The van der Waals surface area contributed by atoms with Crippen LogP contribution in [0.15, 0.2) is 30.6 Å². The highest BCUT2D eigenvalue weighted by atomic mass is 16.6. The maximum absolute atomic E-state index is 10.9. The maximum Gasteiger partial charge on any atom is 0.274 e. The zero-order valence-electron chi connectivity index (χ0n) is 10.5. The van der Waals surface area contributed by atoms with Crippen molar-refractivity contribution in [2.24, 2.45) is 0 Å². The zero-order valence-corrected chi connectivity index (χ0v) is 10.5. The van der Waals surface area contributed by atoms with E-state index in [4.69, 9.17) is 0 Å². The molecule has 0 bridgehead atoms. The van der Waals surface area contributed by atoms with Gasteiger partial charge in [-0.3, -0.25) is 15.2 Å². The first kappa shape index (κ1) is 13.2. The average molecular weight is 261 g/mol. The van der Waals surface area contributed by atoms with Crippen LogP contribution in [0.1, 0.15) is 24.4 Å². The maximum atomic E-state index is 10.9. The van der Waals surface area contributed by atoms with Crippen LogP contribution in [0.2, 0.25) is 0 Å². The van der Waals surface area contributed by atoms with Crippen LogP contribution < -0.4 is 5.32 Å². The lowest BCUT2D eigenvalue weighted by molar-refractivity contribution is -0.385. The monoisotopic (exact) mass is 261 g/mol. The van der Waals surface area contributed by atoms with Gasteiger partial charge in [-0.2, -0.15) is 5.10 Å². The molecule has 0 aliphatic carbocycles. The van der Waals surface area contributed by atoms with Gasteiger partial charge in [-0.05, 0) is 6.92 Å². The molecular weight excluding hydrogens is 246 g/mol. The number of hydrogen-bond donors (Lipinski definition) is 2. The summed E-state index contributed by atoms with van der Waals surface area (Å²) in [5, 5.41) is 20.7. The van der Waals surface area contributed by atoms with Crippen LogP contribution in [0.3, 0.4) is 0 Å². The van der Waals surface area contributed by atoms with Gasteiger partial charge < -0.3 is 5.32 Å². The minimum atomic E-state index is -0.357. The van der Waals surface area contributed by atoms with Crippen molar-refractivity contribution in [3.63, 3.8) is 0 Å². The van der Waals surface area contributed by atoms with Gasteiger partial charge in [0.2, 0.25) is 0 Å². The number of H-pyrrole nitrogens is 1. The number of aromatic amines is 1. The van der Waals surface area contributed by atoms with Crippen molar-refractivity contribution < 1.29 is 4.92 Å².